The predicted molar refractivity (Wildman–Crippen MR) is 131 cm³/mol. The first-order valence-electron chi connectivity index (χ1n) is 11.4. The Morgan fingerprint density at radius 1 is 1.09 bits per heavy atom. The summed E-state index contributed by atoms with van der Waals surface area (Å²) >= 11 is 0. The lowest BCUT2D eigenvalue weighted by molar-refractivity contribution is -0.160. The first kappa shape index (κ1) is 24.5. The van der Waals surface area contributed by atoms with E-state index in [9.17, 15) is 14.3 Å². The van der Waals surface area contributed by atoms with Crippen LogP contribution in [0.5, 0.6) is 0 Å². The summed E-state index contributed by atoms with van der Waals surface area (Å²) in [5.41, 5.74) is 2.92. The number of ether oxygens (including phenoxy) is 1. The maximum atomic E-state index is 15.3. The van der Waals surface area contributed by atoms with Crippen LogP contribution in [0.25, 0.3) is 22.2 Å². The molecule has 0 amide bonds. The van der Waals surface area contributed by atoms with E-state index in [0.29, 0.717) is 34.4 Å². The second kappa shape index (κ2) is 9.23. The summed E-state index contributed by atoms with van der Waals surface area (Å²) < 4.78 is 36.5. The molecule has 0 saturated heterocycles. The van der Waals surface area contributed by atoms with Crippen molar-refractivity contribution in [3.63, 3.8) is 0 Å². The average Bonchev–Trinajstić information content (AvgIpc) is 3.14. The SMILES string of the molecule is Cc1ccc(-c2c(C(OC(C)(C)C)C(=O)O)c(C)nc3c2ccn3Cc2ccc(F)cc2)c(F)c1. The Morgan fingerprint density at radius 2 is 1.77 bits per heavy atom. The standard InChI is InChI=1S/C28H28F2N2O3/c1-16-6-11-20(22(30)14-16)24-21-12-13-32(15-18-7-9-19(29)10-8-18)26(21)31-17(2)23(24)25(27(33)34)35-28(3,4)5/h6-14,25H,15H2,1-5H3,(H,33,34). The van der Waals surface area contributed by atoms with Gasteiger partial charge in [0.1, 0.15) is 17.3 Å². The fourth-order valence-corrected chi connectivity index (χ4v) is 4.26. The summed E-state index contributed by atoms with van der Waals surface area (Å²) in [6.45, 7) is 9.25. The normalized spacial score (nSPS) is 12.8. The van der Waals surface area contributed by atoms with Crippen molar-refractivity contribution in [2.75, 3.05) is 0 Å². The zero-order valence-electron chi connectivity index (χ0n) is 20.4. The lowest BCUT2D eigenvalue weighted by Gasteiger charge is -2.28. The Morgan fingerprint density at radius 3 is 2.37 bits per heavy atom. The van der Waals surface area contributed by atoms with Crippen molar-refractivity contribution < 1.29 is 23.4 Å². The van der Waals surface area contributed by atoms with E-state index in [1.54, 1.807) is 65.0 Å². The number of aromatic nitrogens is 2. The van der Waals surface area contributed by atoms with Gasteiger partial charge >= 0.3 is 5.97 Å². The van der Waals surface area contributed by atoms with Gasteiger partial charge in [-0.3, -0.25) is 0 Å². The quantitative estimate of drug-likeness (QED) is 0.340. The number of hydrogen-bond donors (Lipinski definition) is 1. The highest BCUT2D eigenvalue weighted by atomic mass is 19.1. The first-order chi connectivity index (χ1) is 16.4. The number of halogens is 2. The lowest BCUT2D eigenvalue weighted by atomic mass is 9.91. The van der Waals surface area contributed by atoms with Gasteiger partial charge in [0.25, 0.3) is 0 Å². The van der Waals surface area contributed by atoms with E-state index in [1.807, 2.05) is 10.8 Å². The number of aryl methyl sites for hydroxylation is 2. The maximum Gasteiger partial charge on any atom is 0.337 e. The number of carboxylic acid groups (broad SMARTS) is 1. The fourth-order valence-electron chi connectivity index (χ4n) is 4.26. The predicted octanol–water partition coefficient (Wildman–Crippen LogP) is 6.59. The third kappa shape index (κ3) is 5.10. The minimum atomic E-state index is -1.34. The second-order valence-electron chi connectivity index (χ2n) is 9.73. The Kier molecular flexibility index (Phi) is 6.47. The lowest BCUT2D eigenvalue weighted by Crippen LogP contribution is -2.28. The van der Waals surface area contributed by atoms with Crippen LogP contribution in [0.1, 0.15) is 49.3 Å². The Bertz CT molecular complexity index is 1400. The van der Waals surface area contributed by atoms with Crippen LogP contribution in [0.3, 0.4) is 0 Å². The maximum absolute atomic E-state index is 15.3. The highest BCUT2D eigenvalue weighted by Gasteiger charge is 2.33. The Balaban J connectivity index is 1.99. The molecule has 0 aliphatic rings. The van der Waals surface area contributed by atoms with Crippen LogP contribution in [-0.4, -0.2) is 26.2 Å². The van der Waals surface area contributed by atoms with Crippen molar-refractivity contribution in [1.82, 2.24) is 9.55 Å². The molecule has 0 aliphatic heterocycles. The van der Waals surface area contributed by atoms with Crippen LogP contribution in [0, 0.1) is 25.5 Å². The molecular weight excluding hydrogens is 450 g/mol. The minimum Gasteiger partial charge on any atom is -0.479 e. The molecule has 182 valence electrons. The van der Waals surface area contributed by atoms with Crippen LogP contribution in [-0.2, 0) is 16.1 Å². The molecule has 4 rings (SSSR count). The second-order valence-corrected chi connectivity index (χ2v) is 9.73. The van der Waals surface area contributed by atoms with Gasteiger partial charge in [-0.15, -0.1) is 0 Å². The van der Waals surface area contributed by atoms with Gasteiger partial charge in [-0.25, -0.2) is 18.6 Å². The van der Waals surface area contributed by atoms with Crippen molar-refractivity contribution in [3.8, 4) is 11.1 Å². The molecule has 2 aromatic heterocycles. The summed E-state index contributed by atoms with van der Waals surface area (Å²) in [4.78, 5) is 17.1. The molecule has 1 unspecified atom stereocenters. The number of benzene rings is 2. The third-order valence-electron chi connectivity index (χ3n) is 5.75. The topological polar surface area (TPSA) is 64.3 Å². The van der Waals surface area contributed by atoms with Crippen LogP contribution < -0.4 is 0 Å². The van der Waals surface area contributed by atoms with Gasteiger partial charge in [0.05, 0.1) is 5.60 Å². The molecule has 1 atom stereocenters. The van der Waals surface area contributed by atoms with E-state index in [4.69, 9.17) is 9.72 Å². The van der Waals surface area contributed by atoms with E-state index >= 15 is 4.39 Å². The van der Waals surface area contributed by atoms with E-state index in [0.717, 1.165) is 11.1 Å². The Labute approximate surface area is 203 Å². The number of carbonyl (C=O) groups is 1. The van der Waals surface area contributed by atoms with Crippen LogP contribution in [0.2, 0.25) is 0 Å². The number of fused-ring (bicyclic) bond motifs is 1. The summed E-state index contributed by atoms with van der Waals surface area (Å²) in [7, 11) is 0. The highest BCUT2D eigenvalue weighted by Crippen LogP contribution is 2.40. The summed E-state index contributed by atoms with van der Waals surface area (Å²) in [6, 6.07) is 12.9. The smallest absolute Gasteiger partial charge is 0.337 e. The van der Waals surface area contributed by atoms with Crippen molar-refractivity contribution in [2.24, 2.45) is 0 Å². The van der Waals surface area contributed by atoms with E-state index < -0.39 is 23.5 Å². The van der Waals surface area contributed by atoms with Crippen molar-refractivity contribution >= 4 is 17.0 Å². The van der Waals surface area contributed by atoms with Crippen LogP contribution in [0.4, 0.5) is 8.78 Å². The fraction of sp³-hybridized carbons (Fsp3) is 0.286. The minimum absolute atomic E-state index is 0.282. The van der Waals surface area contributed by atoms with Gasteiger partial charge in [0, 0.05) is 40.5 Å². The Hall–Kier alpha value is -3.58. The molecule has 0 saturated carbocycles. The highest BCUT2D eigenvalue weighted by molar-refractivity contribution is 5.98. The van der Waals surface area contributed by atoms with E-state index in [1.165, 1.54) is 18.2 Å². The molecule has 2 heterocycles. The first-order valence-corrected chi connectivity index (χ1v) is 11.4. The summed E-state index contributed by atoms with van der Waals surface area (Å²) in [6.07, 6.45) is 0.475. The van der Waals surface area contributed by atoms with Crippen LogP contribution >= 0.6 is 0 Å². The molecule has 0 bridgehead atoms. The number of nitrogens with zero attached hydrogens (tertiary/aromatic N) is 2. The molecule has 7 heteroatoms. The number of pyridine rings is 1. The molecule has 0 spiro atoms. The zero-order valence-corrected chi connectivity index (χ0v) is 20.4. The monoisotopic (exact) mass is 478 g/mol. The van der Waals surface area contributed by atoms with Gasteiger partial charge in [-0.2, -0.15) is 0 Å². The van der Waals surface area contributed by atoms with Gasteiger partial charge in [-0.1, -0.05) is 24.3 Å². The number of hydrogen-bond acceptors (Lipinski definition) is 3. The van der Waals surface area contributed by atoms with Crippen molar-refractivity contribution in [2.45, 2.75) is 52.9 Å². The zero-order chi connectivity index (χ0) is 25.5. The molecule has 35 heavy (non-hydrogen) atoms. The van der Waals surface area contributed by atoms with Gasteiger partial charge in [-0.05, 0) is 70.0 Å². The van der Waals surface area contributed by atoms with Gasteiger partial charge in [0.2, 0.25) is 0 Å². The van der Waals surface area contributed by atoms with Gasteiger partial charge < -0.3 is 14.4 Å². The van der Waals surface area contributed by atoms with Crippen molar-refractivity contribution in [3.05, 3.63) is 88.7 Å². The van der Waals surface area contributed by atoms with E-state index in [2.05, 4.69) is 0 Å². The molecule has 2 aromatic carbocycles. The molecular formula is C28H28F2N2O3. The number of rotatable bonds is 6. The molecule has 5 nitrogen and oxygen atoms in total. The van der Waals surface area contributed by atoms with Crippen molar-refractivity contribution in [1.29, 1.82) is 0 Å². The largest absolute Gasteiger partial charge is 0.479 e. The third-order valence-corrected chi connectivity index (χ3v) is 5.75. The number of carboxylic acids is 1. The molecule has 0 radical (unpaired) electrons. The average molecular weight is 479 g/mol. The van der Waals surface area contributed by atoms with Crippen LogP contribution in [0.15, 0.2) is 54.7 Å². The summed E-state index contributed by atoms with van der Waals surface area (Å²) in [5.74, 6) is -1.95. The molecule has 4 aromatic rings. The summed E-state index contributed by atoms with van der Waals surface area (Å²) in [5, 5.41) is 10.7. The van der Waals surface area contributed by atoms with E-state index in [-0.39, 0.29) is 11.4 Å². The molecule has 1 N–H and O–H groups in total. The molecule has 0 fully saturated rings. The number of aliphatic carboxylic acids is 1. The molecule has 0 aliphatic carbocycles. The van der Waals surface area contributed by atoms with Gasteiger partial charge in [0.15, 0.2) is 6.10 Å².